The number of hydrogen-bond donors (Lipinski definition) is 1. The van der Waals surface area contributed by atoms with Gasteiger partial charge in [0.1, 0.15) is 0 Å². The van der Waals surface area contributed by atoms with Gasteiger partial charge >= 0.3 is 0 Å². The normalized spacial score (nSPS) is 14.2. The molecule has 0 radical (unpaired) electrons. The monoisotopic (exact) mass is 339 g/mol. The fourth-order valence-electron chi connectivity index (χ4n) is 3.02. The maximum atomic E-state index is 12.2. The molecular formula is C19H21N3O3. The van der Waals surface area contributed by atoms with Crippen molar-refractivity contribution < 1.29 is 9.72 Å². The van der Waals surface area contributed by atoms with E-state index >= 15 is 0 Å². The summed E-state index contributed by atoms with van der Waals surface area (Å²) in [5.41, 5.74) is 2.42. The maximum absolute atomic E-state index is 12.2. The van der Waals surface area contributed by atoms with Gasteiger partial charge in [0.05, 0.1) is 4.92 Å². The lowest BCUT2D eigenvalue weighted by Crippen LogP contribution is -2.29. The van der Waals surface area contributed by atoms with Gasteiger partial charge in [0.25, 0.3) is 11.6 Å². The van der Waals surface area contributed by atoms with Crippen molar-refractivity contribution in [2.24, 2.45) is 0 Å². The molecule has 0 aliphatic carbocycles. The summed E-state index contributed by atoms with van der Waals surface area (Å²) >= 11 is 0. The third kappa shape index (κ3) is 4.35. The molecule has 25 heavy (non-hydrogen) atoms. The predicted octanol–water partition coefficient (Wildman–Crippen LogP) is 3.52. The molecule has 0 unspecified atom stereocenters. The van der Waals surface area contributed by atoms with E-state index in [1.165, 1.54) is 43.1 Å². The number of nitro benzene ring substituents is 1. The summed E-state index contributed by atoms with van der Waals surface area (Å²) in [5.74, 6) is -0.316. The molecule has 2 aromatic rings. The molecule has 0 bridgehead atoms. The number of rotatable bonds is 5. The summed E-state index contributed by atoms with van der Waals surface area (Å²) in [6, 6.07) is 13.9. The summed E-state index contributed by atoms with van der Waals surface area (Å²) in [6.45, 7) is 2.59. The molecule has 6 heteroatoms. The molecule has 6 nitrogen and oxygen atoms in total. The Labute approximate surface area is 146 Å². The number of carbonyl (C=O) groups excluding carboxylic acids is 1. The average molecular weight is 339 g/mol. The van der Waals surface area contributed by atoms with Crippen LogP contribution in [0.1, 0.15) is 35.2 Å². The first kappa shape index (κ1) is 17.0. The number of nitrogens with one attached hydrogen (secondary N) is 1. The van der Waals surface area contributed by atoms with Crippen LogP contribution in [0.5, 0.6) is 0 Å². The Morgan fingerprint density at radius 1 is 1.08 bits per heavy atom. The van der Waals surface area contributed by atoms with Gasteiger partial charge in [-0.15, -0.1) is 0 Å². The SMILES string of the molecule is O=C(NCc1ccc(N2CCCCC2)cc1)c1cccc([N+](=O)[O-])c1. The van der Waals surface area contributed by atoms with Crippen LogP contribution in [0, 0.1) is 10.1 Å². The molecule has 0 spiro atoms. The van der Waals surface area contributed by atoms with Gasteiger partial charge in [-0.05, 0) is 43.0 Å². The Bertz CT molecular complexity index is 753. The van der Waals surface area contributed by atoms with E-state index in [1.54, 1.807) is 6.07 Å². The average Bonchev–Trinajstić information content (AvgIpc) is 2.67. The van der Waals surface area contributed by atoms with Crippen LogP contribution in [0.2, 0.25) is 0 Å². The van der Waals surface area contributed by atoms with Crippen LogP contribution in [0.3, 0.4) is 0 Å². The highest BCUT2D eigenvalue weighted by Gasteiger charge is 2.12. The van der Waals surface area contributed by atoms with Gasteiger partial charge in [-0.25, -0.2) is 0 Å². The van der Waals surface area contributed by atoms with Crippen molar-refractivity contribution in [3.05, 3.63) is 69.8 Å². The molecule has 0 saturated carbocycles. The number of nitrogens with zero attached hydrogens (tertiary/aromatic N) is 2. The molecule has 1 aliphatic heterocycles. The molecule has 0 aromatic heterocycles. The third-order valence-electron chi connectivity index (χ3n) is 4.43. The van der Waals surface area contributed by atoms with E-state index in [0.717, 1.165) is 18.7 Å². The van der Waals surface area contributed by atoms with Crippen LogP contribution < -0.4 is 10.2 Å². The highest BCUT2D eigenvalue weighted by molar-refractivity contribution is 5.94. The highest BCUT2D eigenvalue weighted by Crippen LogP contribution is 2.20. The van der Waals surface area contributed by atoms with E-state index in [2.05, 4.69) is 22.3 Å². The number of anilines is 1. The zero-order valence-corrected chi connectivity index (χ0v) is 14.0. The number of piperidine rings is 1. The number of hydrogen-bond acceptors (Lipinski definition) is 4. The van der Waals surface area contributed by atoms with Gasteiger partial charge in [0.2, 0.25) is 0 Å². The van der Waals surface area contributed by atoms with Gasteiger partial charge in [-0.2, -0.15) is 0 Å². The molecule has 1 aliphatic rings. The number of benzene rings is 2. The molecule has 3 rings (SSSR count). The van der Waals surface area contributed by atoms with Crippen LogP contribution in [0.25, 0.3) is 0 Å². The summed E-state index contributed by atoms with van der Waals surface area (Å²) in [6.07, 6.45) is 3.78. The number of non-ortho nitro benzene ring substituents is 1. The Morgan fingerprint density at radius 3 is 2.48 bits per heavy atom. The quantitative estimate of drug-likeness (QED) is 0.668. The third-order valence-corrected chi connectivity index (χ3v) is 4.43. The summed E-state index contributed by atoms with van der Waals surface area (Å²) in [7, 11) is 0. The van der Waals surface area contributed by atoms with Crippen LogP contribution in [-0.4, -0.2) is 23.9 Å². The van der Waals surface area contributed by atoms with Crippen LogP contribution in [-0.2, 0) is 6.54 Å². The van der Waals surface area contributed by atoms with Crippen LogP contribution >= 0.6 is 0 Å². The molecular weight excluding hydrogens is 318 g/mol. The van der Waals surface area contributed by atoms with Crippen molar-refractivity contribution in [3.63, 3.8) is 0 Å². The van der Waals surface area contributed by atoms with E-state index in [4.69, 9.17) is 0 Å². The lowest BCUT2D eigenvalue weighted by atomic mass is 10.1. The minimum absolute atomic E-state index is 0.0847. The zero-order chi connectivity index (χ0) is 17.6. The van der Waals surface area contributed by atoms with Crippen molar-refractivity contribution >= 4 is 17.3 Å². The molecule has 1 heterocycles. The highest BCUT2D eigenvalue weighted by atomic mass is 16.6. The van der Waals surface area contributed by atoms with Gasteiger partial charge in [-0.3, -0.25) is 14.9 Å². The van der Waals surface area contributed by atoms with Gasteiger partial charge < -0.3 is 10.2 Å². The first-order valence-corrected chi connectivity index (χ1v) is 8.50. The van der Waals surface area contributed by atoms with E-state index in [-0.39, 0.29) is 11.6 Å². The van der Waals surface area contributed by atoms with Gasteiger partial charge in [-0.1, -0.05) is 18.2 Å². The topological polar surface area (TPSA) is 75.5 Å². The smallest absolute Gasteiger partial charge is 0.270 e. The fraction of sp³-hybridized carbons (Fsp3) is 0.316. The van der Waals surface area contributed by atoms with Gasteiger partial charge in [0, 0.05) is 43.0 Å². The van der Waals surface area contributed by atoms with Crippen molar-refractivity contribution in [3.8, 4) is 0 Å². The summed E-state index contributed by atoms with van der Waals surface area (Å²) in [4.78, 5) is 24.8. The van der Waals surface area contributed by atoms with E-state index in [9.17, 15) is 14.9 Å². The molecule has 130 valence electrons. The Kier molecular flexibility index (Phi) is 5.28. The standard InChI is InChI=1S/C19H21N3O3/c23-19(16-5-4-6-18(13-16)22(24)25)20-14-15-7-9-17(10-8-15)21-11-2-1-3-12-21/h4-10,13H,1-3,11-12,14H2,(H,20,23). The van der Waals surface area contributed by atoms with Crippen LogP contribution in [0.15, 0.2) is 48.5 Å². The second kappa shape index (κ2) is 7.79. The minimum Gasteiger partial charge on any atom is -0.372 e. The lowest BCUT2D eigenvalue weighted by molar-refractivity contribution is -0.384. The van der Waals surface area contributed by atoms with Crippen LogP contribution in [0.4, 0.5) is 11.4 Å². The second-order valence-electron chi connectivity index (χ2n) is 6.20. The first-order valence-electron chi connectivity index (χ1n) is 8.50. The Hall–Kier alpha value is -2.89. The second-order valence-corrected chi connectivity index (χ2v) is 6.20. The number of amides is 1. The van der Waals surface area contributed by atoms with Crippen molar-refractivity contribution in [1.29, 1.82) is 0 Å². The van der Waals surface area contributed by atoms with Crippen molar-refractivity contribution in [1.82, 2.24) is 5.32 Å². The number of carbonyl (C=O) groups is 1. The van der Waals surface area contributed by atoms with Crippen molar-refractivity contribution in [2.45, 2.75) is 25.8 Å². The Balaban J connectivity index is 1.58. The molecule has 2 aromatic carbocycles. The van der Waals surface area contributed by atoms with Crippen molar-refractivity contribution in [2.75, 3.05) is 18.0 Å². The maximum Gasteiger partial charge on any atom is 0.270 e. The number of nitro groups is 1. The van der Waals surface area contributed by atoms with Gasteiger partial charge in [0.15, 0.2) is 0 Å². The molecule has 1 saturated heterocycles. The van der Waals surface area contributed by atoms with E-state index in [1.807, 2.05) is 12.1 Å². The predicted molar refractivity (Wildman–Crippen MR) is 96.8 cm³/mol. The van der Waals surface area contributed by atoms with E-state index in [0.29, 0.717) is 12.1 Å². The molecule has 0 atom stereocenters. The summed E-state index contributed by atoms with van der Waals surface area (Å²) in [5, 5.41) is 13.6. The lowest BCUT2D eigenvalue weighted by Gasteiger charge is -2.28. The molecule has 1 N–H and O–H groups in total. The molecule has 1 amide bonds. The van der Waals surface area contributed by atoms with E-state index < -0.39 is 4.92 Å². The minimum atomic E-state index is -0.504. The fourth-order valence-corrected chi connectivity index (χ4v) is 3.02. The summed E-state index contributed by atoms with van der Waals surface area (Å²) < 4.78 is 0. The Morgan fingerprint density at radius 2 is 1.80 bits per heavy atom. The molecule has 1 fully saturated rings. The first-order chi connectivity index (χ1) is 12.1. The zero-order valence-electron chi connectivity index (χ0n) is 14.0. The largest absolute Gasteiger partial charge is 0.372 e.